The third-order valence-electron chi connectivity index (χ3n) is 10.0. The van der Waals surface area contributed by atoms with E-state index < -0.39 is 11.6 Å². The van der Waals surface area contributed by atoms with E-state index in [1.807, 2.05) is 0 Å². The summed E-state index contributed by atoms with van der Waals surface area (Å²) in [5.74, 6) is 2.37. The molecule has 3 saturated carbocycles. The molecule has 0 aromatic carbocycles. The molecular weight excluding hydrogens is 416 g/mol. The summed E-state index contributed by atoms with van der Waals surface area (Å²) >= 11 is 0. The van der Waals surface area contributed by atoms with E-state index in [2.05, 4.69) is 26.0 Å². The van der Waals surface area contributed by atoms with Crippen molar-refractivity contribution in [2.75, 3.05) is 6.61 Å². The molecule has 5 aliphatic carbocycles. The predicted octanol–water partition coefficient (Wildman–Crippen LogP) is 5.67. The van der Waals surface area contributed by atoms with E-state index >= 15 is 0 Å². The van der Waals surface area contributed by atoms with Crippen molar-refractivity contribution in [2.45, 2.75) is 97.0 Å². The number of hydrogen-bond acceptors (Lipinski definition) is 4. The van der Waals surface area contributed by atoms with E-state index in [9.17, 15) is 9.90 Å². The first-order valence-electron chi connectivity index (χ1n) is 13.1. The summed E-state index contributed by atoms with van der Waals surface area (Å²) in [5.41, 5.74) is 0.411. The van der Waals surface area contributed by atoms with E-state index in [1.165, 1.54) is 18.3 Å². The van der Waals surface area contributed by atoms with Gasteiger partial charge in [0.1, 0.15) is 18.5 Å². The summed E-state index contributed by atoms with van der Waals surface area (Å²) in [6.45, 7) is 6.27. The Morgan fingerprint density at radius 2 is 1.85 bits per heavy atom. The summed E-state index contributed by atoms with van der Waals surface area (Å²) in [6, 6.07) is 0. The van der Waals surface area contributed by atoms with Crippen LogP contribution in [0.1, 0.15) is 91.4 Å². The number of aliphatic hydroxyl groups is 1. The fourth-order valence-corrected chi connectivity index (χ4v) is 8.35. The van der Waals surface area contributed by atoms with Crippen molar-refractivity contribution in [3.8, 4) is 0 Å². The predicted molar refractivity (Wildman–Crippen MR) is 127 cm³/mol. The van der Waals surface area contributed by atoms with Gasteiger partial charge in [0.25, 0.3) is 5.97 Å². The first-order valence-corrected chi connectivity index (χ1v) is 13.1. The third-order valence-corrected chi connectivity index (χ3v) is 10.0. The fraction of sp³-hybridized carbons (Fsp3) is 0.786. The molecule has 5 nitrogen and oxygen atoms in total. The van der Waals surface area contributed by atoms with E-state index in [0.717, 1.165) is 76.9 Å². The molecule has 5 heteroatoms. The second-order valence-corrected chi connectivity index (χ2v) is 11.6. The number of fused-ring (bicyclic) bond motifs is 5. The number of aldehydes is 1. The summed E-state index contributed by atoms with van der Waals surface area (Å²) in [5, 5.41) is 19.2. The van der Waals surface area contributed by atoms with Crippen molar-refractivity contribution >= 4 is 12.3 Å². The van der Waals surface area contributed by atoms with Crippen LogP contribution in [-0.2, 0) is 14.3 Å². The van der Waals surface area contributed by atoms with Gasteiger partial charge in [-0.25, -0.2) is 0 Å². The Labute approximate surface area is 198 Å². The average molecular weight is 459 g/mol. The zero-order valence-corrected chi connectivity index (χ0v) is 20.6. The molecule has 184 valence electrons. The van der Waals surface area contributed by atoms with Crippen molar-refractivity contribution in [3.63, 3.8) is 0 Å². The quantitative estimate of drug-likeness (QED) is 0.419. The van der Waals surface area contributed by atoms with Crippen LogP contribution in [0.4, 0.5) is 0 Å². The summed E-state index contributed by atoms with van der Waals surface area (Å²) < 4.78 is 6.14. The molecule has 5 rings (SSSR count). The largest absolute Gasteiger partial charge is 0.495 e. The van der Waals surface area contributed by atoms with Gasteiger partial charge in [0.05, 0.1) is 5.76 Å². The first-order chi connectivity index (χ1) is 15.7. The van der Waals surface area contributed by atoms with Crippen LogP contribution in [0, 0.1) is 34.5 Å². The molecule has 0 aliphatic heterocycles. The van der Waals surface area contributed by atoms with Crippen LogP contribution in [0.15, 0.2) is 23.5 Å². The highest BCUT2D eigenvalue weighted by atomic mass is 16.5. The number of rotatable bonds is 4. The van der Waals surface area contributed by atoms with Crippen LogP contribution in [-0.4, -0.2) is 34.7 Å². The van der Waals surface area contributed by atoms with Gasteiger partial charge in [-0.15, -0.1) is 0 Å². The number of hydrogen-bond donors (Lipinski definition) is 2. The number of allylic oxidation sites excluding steroid dienone is 4. The normalized spacial score (nSPS) is 43.6. The third kappa shape index (κ3) is 4.09. The van der Waals surface area contributed by atoms with Gasteiger partial charge in [-0.05, 0) is 94.0 Å². The smallest absolute Gasteiger partial charge is 0.300 e. The molecule has 0 aromatic rings. The van der Waals surface area contributed by atoms with Gasteiger partial charge >= 0.3 is 0 Å². The molecule has 33 heavy (non-hydrogen) atoms. The monoisotopic (exact) mass is 458 g/mol. The minimum Gasteiger partial charge on any atom is -0.495 e. The zero-order chi connectivity index (χ0) is 23.9. The summed E-state index contributed by atoms with van der Waals surface area (Å²) in [6.07, 6.45) is 17.7. The van der Waals surface area contributed by atoms with Crippen LogP contribution in [0.3, 0.4) is 0 Å². The Morgan fingerprint density at radius 1 is 1.15 bits per heavy atom. The Kier molecular flexibility index (Phi) is 6.83. The number of carboxylic acids is 1. The van der Waals surface area contributed by atoms with Gasteiger partial charge in [0, 0.05) is 24.2 Å². The number of ether oxygens (including phenoxy) is 1. The molecule has 0 heterocycles. The lowest BCUT2D eigenvalue weighted by atomic mass is 9.44. The van der Waals surface area contributed by atoms with E-state index in [0.29, 0.717) is 30.3 Å². The molecule has 2 N–H and O–H groups in total. The Morgan fingerprint density at radius 3 is 2.52 bits per heavy atom. The topological polar surface area (TPSA) is 83.8 Å². The molecular formula is C28H42O5. The second kappa shape index (κ2) is 9.20. The molecule has 0 aromatic heterocycles. The van der Waals surface area contributed by atoms with Crippen LogP contribution in [0.2, 0.25) is 0 Å². The van der Waals surface area contributed by atoms with E-state index in [-0.39, 0.29) is 10.8 Å². The average Bonchev–Trinajstić information content (AvgIpc) is 3.39. The van der Waals surface area contributed by atoms with Gasteiger partial charge in [-0.3, -0.25) is 4.79 Å². The fourth-order valence-electron chi connectivity index (χ4n) is 8.35. The minimum absolute atomic E-state index is 0.0957. The van der Waals surface area contributed by atoms with Gasteiger partial charge in [-0.1, -0.05) is 25.5 Å². The number of carbonyl (C=O) groups is 2. The van der Waals surface area contributed by atoms with Crippen LogP contribution in [0.5, 0.6) is 0 Å². The Bertz CT molecular complexity index is 826. The van der Waals surface area contributed by atoms with Crippen molar-refractivity contribution in [2.24, 2.45) is 34.5 Å². The maximum Gasteiger partial charge on any atom is 0.300 e. The molecule has 0 radical (unpaired) electrons. The van der Waals surface area contributed by atoms with Crippen molar-refractivity contribution < 1.29 is 24.5 Å². The number of carbonyl (C=O) groups excluding carboxylic acids is 1. The molecule has 5 aliphatic rings. The maximum absolute atomic E-state index is 12.5. The highest BCUT2D eigenvalue weighted by molar-refractivity contribution is 5.67. The van der Waals surface area contributed by atoms with Gasteiger partial charge in [0.15, 0.2) is 0 Å². The minimum atomic E-state index is -0.833. The first kappa shape index (κ1) is 24.5. The lowest BCUT2D eigenvalue weighted by Crippen LogP contribution is -2.58. The highest BCUT2D eigenvalue weighted by Gasteiger charge is 2.66. The van der Waals surface area contributed by atoms with Crippen molar-refractivity contribution in [1.29, 1.82) is 0 Å². The van der Waals surface area contributed by atoms with Crippen molar-refractivity contribution in [3.05, 3.63) is 23.5 Å². The second-order valence-electron chi connectivity index (χ2n) is 11.6. The maximum atomic E-state index is 12.5. The lowest BCUT2D eigenvalue weighted by Gasteiger charge is -2.60. The number of carboxylic acid groups (broad SMARTS) is 1. The van der Waals surface area contributed by atoms with Gasteiger partial charge < -0.3 is 19.7 Å². The van der Waals surface area contributed by atoms with Crippen LogP contribution >= 0.6 is 0 Å². The summed E-state index contributed by atoms with van der Waals surface area (Å²) in [7, 11) is 0. The van der Waals surface area contributed by atoms with Crippen LogP contribution in [0.25, 0.3) is 0 Å². The Balaban J connectivity index is 0.000000601. The summed E-state index contributed by atoms with van der Waals surface area (Å²) in [4.78, 5) is 21.5. The molecule has 0 spiro atoms. The SMILES string of the molecule is CC(=O)O.C[C@@H]1CC2=CCCC[C@]2(C=O)[C@H]2CC[C@@]3(C)[C@@H](CC[C@@]3(O)COC3=CCCC3)[C@H]12. The standard InChI is InChI=1S/C26H38O3.C2H4O2/c1-18-15-19-7-5-6-12-25(19,16-27)22-10-13-24(2)21(23(18)22)11-14-26(24,28)17-29-20-8-3-4-9-20;1-2(3)4/h7-8,16,18,21-23,28H,3-6,9-15,17H2,1-2H3;1H3,(H,3,4)/t18-,21+,22+,23+,24+,25-,26-;/m1./s1. The molecule has 0 amide bonds. The highest BCUT2D eigenvalue weighted by Crippen LogP contribution is 2.68. The Hall–Kier alpha value is -1.62. The molecule has 7 atom stereocenters. The van der Waals surface area contributed by atoms with Gasteiger partial charge in [-0.2, -0.15) is 0 Å². The van der Waals surface area contributed by atoms with E-state index in [1.54, 1.807) is 0 Å². The molecule has 0 unspecified atom stereocenters. The zero-order valence-electron chi connectivity index (χ0n) is 20.6. The van der Waals surface area contributed by atoms with Gasteiger partial charge in [0.2, 0.25) is 0 Å². The van der Waals surface area contributed by atoms with E-state index in [4.69, 9.17) is 14.6 Å². The number of aliphatic carboxylic acids is 1. The van der Waals surface area contributed by atoms with Crippen molar-refractivity contribution in [1.82, 2.24) is 0 Å². The molecule has 3 fully saturated rings. The lowest BCUT2D eigenvalue weighted by molar-refractivity contribution is -0.160. The molecule has 0 bridgehead atoms. The van der Waals surface area contributed by atoms with Crippen LogP contribution < -0.4 is 0 Å². The molecule has 0 saturated heterocycles.